The highest BCUT2D eigenvalue weighted by atomic mass is 32.2. The zero-order valence-electron chi connectivity index (χ0n) is 13.8. The van der Waals surface area contributed by atoms with E-state index >= 15 is 0 Å². The molecular formula is C20H19N3OS. The third-order valence-corrected chi connectivity index (χ3v) is 5.15. The van der Waals surface area contributed by atoms with Crippen molar-refractivity contribution in [1.29, 1.82) is 0 Å². The molecular weight excluding hydrogens is 330 g/mol. The number of hydrogen-bond acceptors (Lipinski definition) is 4. The van der Waals surface area contributed by atoms with Gasteiger partial charge in [-0.2, -0.15) is 0 Å². The van der Waals surface area contributed by atoms with E-state index in [4.69, 9.17) is 9.97 Å². The second-order valence-corrected chi connectivity index (χ2v) is 7.27. The van der Waals surface area contributed by atoms with Crippen molar-refractivity contribution in [3.05, 3.63) is 60.4 Å². The van der Waals surface area contributed by atoms with E-state index in [1.165, 1.54) is 12.8 Å². The van der Waals surface area contributed by atoms with Crippen LogP contribution in [0.2, 0.25) is 0 Å². The minimum absolute atomic E-state index is 0.0273. The lowest BCUT2D eigenvalue weighted by atomic mass is 10.2. The largest absolute Gasteiger partial charge is 0.326 e. The molecule has 1 saturated carbocycles. The number of benzene rings is 2. The molecule has 2 aromatic carbocycles. The zero-order chi connectivity index (χ0) is 17.1. The number of aromatic nitrogens is 2. The Morgan fingerprint density at radius 1 is 1.04 bits per heavy atom. The summed E-state index contributed by atoms with van der Waals surface area (Å²) in [7, 11) is 0. The summed E-state index contributed by atoms with van der Waals surface area (Å²) in [6.07, 6.45) is 2.82. The first-order valence-corrected chi connectivity index (χ1v) is 9.52. The summed E-state index contributed by atoms with van der Waals surface area (Å²) in [6, 6.07) is 17.7. The normalized spacial score (nSPS) is 13.8. The maximum absolute atomic E-state index is 12.1. The van der Waals surface area contributed by atoms with Crippen molar-refractivity contribution in [3.8, 4) is 0 Å². The summed E-state index contributed by atoms with van der Waals surface area (Å²) in [5.41, 5.74) is 1.83. The standard InChI is InChI=1S/C20H19N3OS/c24-18(21-15-6-2-1-3-7-15)12-13-25-20-16-8-4-5-9-17(16)22-19(23-20)14-10-11-14/h1-9,14H,10-13H2,(H,21,24). The molecule has 0 unspecified atom stereocenters. The summed E-state index contributed by atoms with van der Waals surface area (Å²) in [5.74, 6) is 2.20. The van der Waals surface area contributed by atoms with E-state index < -0.39 is 0 Å². The van der Waals surface area contributed by atoms with Crippen molar-refractivity contribution in [2.45, 2.75) is 30.2 Å². The number of amides is 1. The highest BCUT2D eigenvalue weighted by Crippen LogP contribution is 2.39. The van der Waals surface area contributed by atoms with E-state index in [-0.39, 0.29) is 5.91 Å². The topological polar surface area (TPSA) is 54.9 Å². The Bertz CT molecular complexity index is 894. The fourth-order valence-corrected chi connectivity index (χ4v) is 3.65. The number of anilines is 1. The fraction of sp³-hybridized carbons (Fsp3) is 0.250. The molecule has 4 nitrogen and oxygen atoms in total. The highest BCUT2D eigenvalue weighted by Gasteiger charge is 2.27. The zero-order valence-corrected chi connectivity index (χ0v) is 14.6. The van der Waals surface area contributed by atoms with Crippen molar-refractivity contribution in [2.24, 2.45) is 0 Å². The summed E-state index contributed by atoms with van der Waals surface area (Å²) < 4.78 is 0. The summed E-state index contributed by atoms with van der Waals surface area (Å²) in [4.78, 5) is 21.6. The molecule has 3 aromatic rings. The SMILES string of the molecule is O=C(CCSc1nc(C2CC2)nc2ccccc12)Nc1ccccc1. The molecule has 0 saturated heterocycles. The number of nitrogens with one attached hydrogen (secondary N) is 1. The number of carbonyl (C=O) groups excluding carboxylic acids is 1. The van der Waals surface area contributed by atoms with Crippen molar-refractivity contribution >= 4 is 34.3 Å². The van der Waals surface area contributed by atoms with Crippen LogP contribution in [0.3, 0.4) is 0 Å². The number of fused-ring (bicyclic) bond motifs is 1. The van der Waals surface area contributed by atoms with Gasteiger partial charge in [0, 0.05) is 29.2 Å². The van der Waals surface area contributed by atoms with Gasteiger partial charge in [0.15, 0.2) is 0 Å². The van der Waals surface area contributed by atoms with Gasteiger partial charge in [-0.1, -0.05) is 36.4 Å². The number of thioether (sulfide) groups is 1. The van der Waals surface area contributed by atoms with Crippen LogP contribution in [0.4, 0.5) is 5.69 Å². The van der Waals surface area contributed by atoms with Crippen LogP contribution < -0.4 is 5.32 Å². The molecule has 0 radical (unpaired) electrons. The van der Waals surface area contributed by atoms with Crippen molar-refractivity contribution in [2.75, 3.05) is 11.1 Å². The predicted octanol–water partition coefficient (Wildman–Crippen LogP) is 4.63. The van der Waals surface area contributed by atoms with Crippen molar-refractivity contribution in [3.63, 3.8) is 0 Å². The Morgan fingerprint density at radius 3 is 2.60 bits per heavy atom. The molecule has 1 aromatic heterocycles. The third-order valence-electron chi connectivity index (χ3n) is 4.15. The van der Waals surface area contributed by atoms with E-state index in [1.807, 2.05) is 48.5 Å². The molecule has 0 spiro atoms. The highest BCUT2D eigenvalue weighted by molar-refractivity contribution is 7.99. The Kier molecular flexibility index (Phi) is 4.65. The van der Waals surface area contributed by atoms with Gasteiger partial charge in [0.25, 0.3) is 0 Å². The van der Waals surface area contributed by atoms with E-state index in [2.05, 4.69) is 11.4 Å². The molecule has 1 heterocycles. The second-order valence-electron chi connectivity index (χ2n) is 6.19. The molecule has 1 amide bonds. The van der Waals surface area contributed by atoms with E-state index in [9.17, 15) is 4.79 Å². The Morgan fingerprint density at radius 2 is 1.80 bits per heavy atom. The van der Waals surface area contributed by atoms with Gasteiger partial charge in [0.05, 0.1) is 5.52 Å². The van der Waals surface area contributed by atoms with Crippen LogP contribution in [0.1, 0.15) is 31.0 Å². The lowest BCUT2D eigenvalue weighted by Crippen LogP contribution is -2.12. The van der Waals surface area contributed by atoms with Gasteiger partial charge in [-0.3, -0.25) is 4.79 Å². The summed E-state index contributed by atoms with van der Waals surface area (Å²) in [6.45, 7) is 0. The first kappa shape index (κ1) is 16.1. The molecule has 5 heteroatoms. The third kappa shape index (κ3) is 3.99. The van der Waals surface area contributed by atoms with Crippen LogP contribution in [0.15, 0.2) is 59.6 Å². The lowest BCUT2D eigenvalue weighted by molar-refractivity contribution is -0.115. The second kappa shape index (κ2) is 7.23. The molecule has 0 bridgehead atoms. The molecule has 25 heavy (non-hydrogen) atoms. The summed E-state index contributed by atoms with van der Waals surface area (Å²) >= 11 is 1.64. The van der Waals surface area contributed by atoms with Crippen LogP contribution >= 0.6 is 11.8 Å². The number of hydrogen-bond donors (Lipinski definition) is 1. The molecule has 126 valence electrons. The average Bonchev–Trinajstić information content (AvgIpc) is 3.47. The van der Waals surface area contributed by atoms with Gasteiger partial charge in [-0.25, -0.2) is 9.97 Å². The minimum Gasteiger partial charge on any atom is -0.326 e. The Labute approximate surface area is 151 Å². The first-order chi connectivity index (χ1) is 12.3. The van der Waals surface area contributed by atoms with Gasteiger partial charge in [0.1, 0.15) is 10.9 Å². The Balaban J connectivity index is 1.43. The predicted molar refractivity (Wildman–Crippen MR) is 102 cm³/mol. The van der Waals surface area contributed by atoms with Crippen LogP contribution in [-0.4, -0.2) is 21.6 Å². The average molecular weight is 349 g/mol. The van der Waals surface area contributed by atoms with Gasteiger partial charge in [-0.05, 0) is 31.0 Å². The smallest absolute Gasteiger partial charge is 0.225 e. The van der Waals surface area contributed by atoms with Gasteiger partial charge < -0.3 is 5.32 Å². The number of carbonyl (C=O) groups is 1. The molecule has 4 rings (SSSR count). The minimum atomic E-state index is 0.0273. The van der Waals surface area contributed by atoms with E-state index in [1.54, 1.807) is 11.8 Å². The molecule has 0 aliphatic heterocycles. The number of nitrogens with zero attached hydrogens (tertiary/aromatic N) is 2. The monoisotopic (exact) mass is 349 g/mol. The van der Waals surface area contributed by atoms with Crippen molar-refractivity contribution < 1.29 is 4.79 Å². The number of rotatable bonds is 6. The van der Waals surface area contributed by atoms with Crippen molar-refractivity contribution in [1.82, 2.24) is 9.97 Å². The van der Waals surface area contributed by atoms with E-state index in [0.717, 1.165) is 27.4 Å². The molecule has 0 atom stereocenters. The van der Waals surface area contributed by atoms with Crippen LogP contribution in [0, 0.1) is 0 Å². The maximum atomic E-state index is 12.1. The summed E-state index contributed by atoms with van der Waals surface area (Å²) in [5, 5.41) is 4.98. The van der Waals surface area contributed by atoms with E-state index in [0.29, 0.717) is 18.1 Å². The fourth-order valence-electron chi connectivity index (χ4n) is 2.68. The first-order valence-electron chi connectivity index (χ1n) is 8.54. The van der Waals surface area contributed by atoms with Gasteiger partial charge >= 0.3 is 0 Å². The Hall–Kier alpha value is -2.40. The van der Waals surface area contributed by atoms with Gasteiger partial charge in [-0.15, -0.1) is 11.8 Å². The molecule has 1 aliphatic carbocycles. The van der Waals surface area contributed by atoms with Gasteiger partial charge in [0.2, 0.25) is 5.91 Å². The van der Waals surface area contributed by atoms with Crippen LogP contribution in [0.5, 0.6) is 0 Å². The molecule has 1 N–H and O–H groups in total. The lowest BCUT2D eigenvalue weighted by Gasteiger charge is -2.08. The molecule has 1 aliphatic rings. The van der Waals surface area contributed by atoms with Crippen LogP contribution in [0.25, 0.3) is 10.9 Å². The quantitative estimate of drug-likeness (QED) is 0.521. The molecule has 1 fully saturated rings. The number of para-hydroxylation sites is 2. The maximum Gasteiger partial charge on any atom is 0.225 e. The van der Waals surface area contributed by atoms with Crippen LogP contribution in [-0.2, 0) is 4.79 Å².